The van der Waals surface area contributed by atoms with Crippen LogP contribution >= 0.6 is 0 Å². The zero-order valence-electron chi connectivity index (χ0n) is 11.7. The molecule has 0 saturated carbocycles. The number of anilines is 2. The largest absolute Gasteiger partial charge is 0.318 e. The van der Waals surface area contributed by atoms with Gasteiger partial charge in [-0.3, -0.25) is 19.7 Å². The fraction of sp³-hybridized carbons (Fsp3) is 0.0667. The van der Waals surface area contributed by atoms with Crippen molar-refractivity contribution in [3.8, 4) is 0 Å². The molecule has 2 rings (SSSR count). The van der Waals surface area contributed by atoms with Gasteiger partial charge in [-0.25, -0.2) is 0 Å². The van der Waals surface area contributed by atoms with Crippen LogP contribution in [0.3, 0.4) is 0 Å². The molecule has 2 amide bonds. The zero-order valence-corrected chi connectivity index (χ0v) is 11.7. The Kier molecular flexibility index (Phi) is 4.47. The van der Waals surface area contributed by atoms with Crippen LogP contribution in [-0.4, -0.2) is 16.7 Å². The van der Waals surface area contributed by atoms with Crippen molar-refractivity contribution >= 4 is 28.9 Å². The van der Waals surface area contributed by atoms with Crippen molar-refractivity contribution < 1.29 is 14.5 Å². The Morgan fingerprint density at radius 2 is 1.68 bits per heavy atom. The van der Waals surface area contributed by atoms with Crippen molar-refractivity contribution in [2.75, 3.05) is 10.6 Å². The summed E-state index contributed by atoms with van der Waals surface area (Å²) >= 11 is 0. The van der Waals surface area contributed by atoms with Crippen LogP contribution in [0.2, 0.25) is 0 Å². The summed E-state index contributed by atoms with van der Waals surface area (Å²) in [5.41, 5.74) is 1.09. The van der Waals surface area contributed by atoms with E-state index in [1.165, 1.54) is 24.3 Å². The minimum Gasteiger partial charge on any atom is -0.318 e. The van der Waals surface area contributed by atoms with E-state index in [0.717, 1.165) is 5.56 Å². The molecule has 0 aliphatic carbocycles. The summed E-state index contributed by atoms with van der Waals surface area (Å²) in [4.78, 5) is 33.9. The molecule has 0 heterocycles. The second-order valence-electron chi connectivity index (χ2n) is 4.55. The number of carbonyl (C=O) groups excluding carboxylic acids is 2. The number of carbonyl (C=O) groups is 2. The van der Waals surface area contributed by atoms with Crippen LogP contribution in [0, 0.1) is 17.0 Å². The first-order chi connectivity index (χ1) is 10.5. The van der Waals surface area contributed by atoms with Gasteiger partial charge in [0.05, 0.1) is 4.92 Å². The van der Waals surface area contributed by atoms with Gasteiger partial charge in [0.2, 0.25) is 0 Å². The maximum Gasteiger partial charge on any atom is 0.314 e. The first-order valence-corrected chi connectivity index (χ1v) is 6.40. The molecule has 0 radical (unpaired) electrons. The van der Waals surface area contributed by atoms with Gasteiger partial charge in [-0.15, -0.1) is 0 Å². The van der Waals surface area contributed by atoms with E-state index in [4.69, 9.17) is 0 Å². The quantitative estimate of drug-likeness (QED) is 0.516. The van der Waals surface area contributed by atoms with Crippen molar-refractivity contribution in [2.45, 2.75) is 6.92 Å². The van der Waals surface area contributed by atoms with Crippen molar-refractivity contribution in [3.05, 3.63) is 64.2 Å². The molecule has 0 atom stereocenters. The molecule has 2 aromatic rings. The molecular formula is C15H13N3O4. The molecule has 0 spiro atoms. The van der Waals surface area contributed by atoms with Crippen LogP contribution in [0.15, 0.2) is 48.5 Å². The lowest BCUT2D eigenvalue weighted by Gasteiger charge is -2.07. The molecular weight excluding hydrogens is 286 g/mol. The van der Waals surface area contributed by atoms with Crippen LogP contribution < -0.4 is 10.6 Å². The van der Waals surface area contributed by atoms with Gasteiger partial charge >= 0.3 is 11.8 Å². The lowest BCUT2D eigenvalue weighted by Crippen LogP contribution is -2.29. The average Bonchev–Trinajstić information content (AvgIpc) is 2.47. The van der Waals surface area contributed by atoms with E-state index in [2.05, 4.69) is 10.6 Å². The number of benzene rings is 2. The second kappa shape index (κ2) is 6.49. The lowest BCUT2D eigenvalue weighted by molar-refractivity contribution is -0.383. The van der Waals surface area contributed by atoms with Gasteiger partial charge in [0.15, 0.2) is 0 Å². The Labute approximate surface area is 126 Å². The van der Waals surface area contributed by atoms with Crippen molar-refractivity contribution in [2.24, 2.45) is 0 Å². The third-order valence-electron chi connectivity index (χ3n) is 2.83. The third-order valence-corrected chi connectivity index (χ3v) is 2.83. The average molecular weight is 299 g/mol. The number of hydrogen-bond donors (Lipinski definition) is 2. The second-order valence-corrected chi connectivity index (χ2v) is 4.55. The number of aryl methyl sites for hydroxylation is 1. The minimum atomic E-state index is -0.976. The van der Waals surface area contributed by atoms with Crippen LogP contribution in [0.25, 0.3) is 0 Å². The lowest BCUT2D eigenvalue weighted by atomic mass is 10.2. The molecule has 2 N–H and O–H groups in total. The van der Waals surface area contributed by atoms with Gasteiger partial charge in [0.25, 0.3) is 5.69 Å². The predicted molar refractivity (Wildman–Crippen MR) is 81.5 cm³/mol. The molecule has 2 aromatic carbocycles. The molecule has 7 heteroatoms. The fourth-order valence-corrected chi connectivity index (χ4v) is 1.83. The number of nitro benzene ring substituents is 1. The SMILES string of the molecule is Cc1cccc(NC(=O)C(=O)Nc2ccccc2[N+](=O)[O-])c1. The van der Waals surface area contributed by atoms with Gasteiger partial charge < -0.3 is 10.6 Å². The summed E-state index contributed by atoms with van der Waals surface area (Å²) in [7, 11) is 0. The van der Waals surface area contributed by atoms with Gasteiger partial charge in [0.1, 0.15) is 5.69 Å². The normalized spacial score (nSPS) is 9.86. The summed E-state index contributed by atoms with van der Waals surface area (Å²) in [5, 5.41) is 15.5. The van der Waals surface area contributed by atoms with E-state index in [-0.39, 0.29) is 11.4 Å². The van der Waals surface area contributed by atoms with Crippen molar-refractivity contribution in [3.63, 3.8) is 0 Å². The number of nitrogens with zero attached hydrogens (tertiary/aromatic N) is 1. The smallest absolute Gasteiger partial charge is 0.314 e. The van der Waals surface area contributed by atoms with Crippen molar-refractivity contribution in [1.82, 2.24) is 0 Å². The van der Waals surface area contributed by atoms with E-state index in [1.54, 1.807) is 18.2 Å². The predicted octanol–water partition coefficient (Wildman–Crippen LogP) is 2.48. The molecule has 0 fully saturated rings. The Balaban J connectivity index is 2.09. The third kappa shape index (κ3) is 3.66. The highest BCUT2D eigenvalue weighted by Crippen LogP contribution is 2.23. The summed E-state index contributed by atoms with van der Waals surface area (Å²) in [6.07, 6.45) is 0. The van der Waals surface area contributed by atoms with E-state index in [9.17, 15) is 19.7 Å². The zero-order chi connectivity index (χ0) is 16.1. The maximum absolute atomic E-state index is 11.8. The monoisotopic (exact) mass is 299 g/mol. The number of nitrogens with one attached hydrogen (secondary N) is 2. The number of amides is 2. The summed E-state index contributed by atoms with van der Waals surface area (Å²) in [5.74, 6) is -1.88. The Bertz CT molecular complexity index is 743. The maximum atomic E-state index is 11.8. The first kappa shape index (κ1) is 15.2. The van der Waals surface area contributed by atoms with E-state index in [0.29, 0.717) is 5.69 Å². The molecule has 0 aliphatic heterocycles. The molecule has 0 unspecified atom stereocenters. The molecule has 7 nitrogen and oxygen atoms in total. The van der Waals surface area contributed by atoms with Gasteiger partial charge in [0, 0.05) is 11.8 Å². The number of hydrogen-bond acceptors (Lipinski definition) is 4. The number of rotatable bonds is 3. The number of para-hydroxylation sites is 2. The summed E-state index contributed by atoms with van der Waals surface area (Å²) in [6.45, 7) is 1.85. The molecule has 0 bridgehead atoms. The van der Waals surface area contributed by atoms with Crippen molar-refractivity contribution in [1.29, 1.82) is 0 Å². The molecule has 0 aromatic heterocycles. The highest BCUT2D eigenvalue weighted by molar-refractivity contribution is 6.43. The van der Waals surface area contributed by atoms with Crippen LogP contribution in [0.5, 0.6) is 0 Å². The summed E-state index contributed by atoms with van der Waals surface area (Å²) < 4.78 is 0. The van der Waals surface area contributed by atoms with Crippen LogP contribution in [0.4, 0.5) is 17.1 Å². The minimum absolute atomic E-state index is 0.0307. The molecule has 112 valence electrons. The topological polar surface area (TPSA) is 101 Å². The van der Waals surface area contributed by atoms with E-state index < -0.39 is 16.7 Å². The summed E-state index contributed by atoms with van der Waals surface area (Å²) in [6, 6.07) is 12.5. The highest BCUT2D eigenvalue weighted by Gasteiger charge is 2.19. The van der Waals surface area contributed by atoms with E-state index >= 15 is 0 Å². The number of nitro groups is 1. The van der Waals surface area contributed by atoms with Crippen LogP contribution in [-0.2, 0) is 9.59 Å². The molecule has 0 aliphatic rings. The van der Waals surface area contributed by atoms with Gasteiger partial charge in [-0.1, -0.05) is 24.3 Å². The molecule has 22 heavy (non-hydrogen) atoms. The highest BCUT2D eigenvalue weighted by atomic mass is 16.6. The van der Waals surface area contributed by atoms with Crippen LogP contribution in [0.1, 0.15) is 5.56 Å². The van der Waals surface area contributed by atoms with E-state index in [1.807, 2.05) is 13.0 Å². The first-order valence-electron chi connectivity index (χ1n) is 6.40. The Morgan fingerprint density at radius 3 is 2.36 bits per heavy atom. The Hall–Kier alpha value is -3.22. The van der Waals surface area contributed by atoms with Gasteiger partial charge in [-0.2, -0.15) is 0 Å². The fourth-order valence-electron chi connectivity index (χ4n) is 1.83. The van der Waals surface area contributed by atoms with Gasteiger partial charge in [-0.05, 0) is 30.7 Å². The Morgan fingerprint density at radius 1 is 1.00 bits per heavy atom. The molecule has 0 saturated heterocycles. The standard InChI is InChI=1S/C15H13N3O4/c1-10-5-4-6-11(9-10)16-14(19)15(20)17-12-7-2-3-8-13(12)18(21)22/h2-9H,1H3,(H,16,19)(H,17,20).